The highest BCUT2D eigenvalue weighted by atomic mass is 31.2. The SMILES string of the molecule is CCC(C)CCCCCCCCCCCCCCCCC(=O)OC[C@H](COP(=O)(O)OCC(O)COP(=O)(O)OC[C@@H](COC(=O)CCCCCCCCCC(C)C)OC(=O)CCCCCCCCCCCCCCCCC(C)C)OC(=O)CCCCCCCCCCCCCC(C)C. The predicted octanol–water partition coefficient (Wildman–Crippen LogP) is 23.6. The molecule has 0 amide bonds. The Balaban J connectivity index is 5.23. The molecule has 0 fully saturated rings. The standard InChI is InChI=1S/C80H156O17P2/c1-9-73(8)59-51-43-35-27-21-15-11-13-16-22-28-36-44-52-60-77(82)90-66-75(96-80(85)63-55-47-38-30-24-18-20-26-33-41-49-57-71(4)5)68-94-98(86,87)92-64-74(81)65-93-99(88,89)95-69-76(67-91-78(83)61-53-45-39-31-34-42-50-58-72(6)7)97-79(84)62-54-46-37-29-23-17-12-10-14-19-25-32-40-48-56-70(2)3/h70-76,81H,9-69H2,1-8H3,(H,86,87)(H,88,89)/t73?,74?,75-,76-/m1/s1. The molecule has 99 heavy (non-hydrogen) atoms. The summed E-state index contributed by atoms with van der Waals surface area (Å²) in [7, 11) is -9.92. The molecule has 3 N–H and O–H groups in total. The Morgan fingerprint density at radius 3 is 0.717 bits per heavy atom. The van der Waals surface area contributed by atoms with Crippen molar-refractivity contribution in [3.63, 3.8) is 0 Å². The molecule has 0 aromatic heterocycles. The van der Waals surface area contributed by atoms with Gasteiger partial charge in [-0.1, -0.05) is 357 Å². The van der Waals surface area contributed by atoms with Crippen LogP contribution in [0.5, 0.6) is 0 Å². The zero-order valence-electron chi connectivity index (χ0n) is 65.1. The van der Waals surface area contributed by atoms with E-state index < -0.39 is 97.5 Å². The monoisotopic (exact) mass is 1450 g/mol. The van der Waals surface area contributed by atoms with Gasteiger partial charge in [-0.25, -0.2) is 9.13 Å². The average Bonchev–Trinajstić information content (AvgIpc) is 1.03. The molecule has 6 atom stereocenters. The number of phosphoric acid groups is 2. The summed E-state index contributed by atoms with van der Waals surface area (Å²) in [5.41, 5.74) is 0. The first-order chi connectivity index (χ1) is 47.6. The van der Waals surface area contributed by atoms with Gasteiger partial charge >= 0.3 is 39.5 Å². The molecule has 0 rings (SSSR count). The lowest BCUT2D eigenvalue weighted by Crippen LogP contribution is -2.30. The highest BCUT2D eigenvalue weighted by molar-refractivity contribution is 7.47. The van der Waals surface area contributed by atoms with Crippen LogP contribution in [-0.4, -0.2) is 96.7 Å². The van der Waals surface area contributed by atoms with Gasteiger partial charge in [0.15, 0.2) is 12.2 Å². The Kier molecular flexibility index (Phi) is 67.8. The van der Waals surface area contributed by atoms with Gasteiger partial charge in [-0.05, 0) is 49.4 Å². The van der Waals surface area contributed by atoms with Crippen LogP contribution in [0.15, 0.2) is 0 Å². The topological polar surface area (TPSA) is 237 Å². The van der Waals surface area contributed by atoms with E-state index in [9.17, 15) is 43.2 Å². The van der Waals surface area contributed by atoms with Crippen LogP contribution >= 0.6 is 15.6 Å². The molecule has 17 nitrogen and oxygen atoms in total. The van der Waals surface area contributed by atoms with E-state index in [0.717, 1.165) is 114 Å². The van der Waals surface area contributed by atoms with Crippen LogP contribution in [0.25, 0.3) is 0 Å². The third kappa shape index (κ3) is 72.8. The summed E-state index contributed by atoms with van der Waals surface area (Å²) in [6.07, 6.45) is 55.5. The number of esters is 4. The number of carbonyl (C=O) groups is 4. The summed E-state index contributed by atoms with van der Waals surface area (Å²) in [6.45, 7) is 14.3. The largest absolute Gasteiger partial charge is 0.472 e. The van der Waals surface area contributed by atoms with Crippen LogP contribution < -0.4 is 0 Å². The first kappa shape index (κ1) is 97.1. The zero-order valence-corrected chi connectivity index (χ0v) is 66.9. The van der Waals surface area contributed by atoms with Crippen molar-refractivity contribution >= 4 is 39.5 Å². The molecular weight excluding hydrogens is 1290 g/mol. The van der Waals surface area contributed by atoms with Crippen LogP contribution in [0.2, 0.25) is 0 Å². The van der Waals surface area contributed by atoms with Crippen LogP contribution in [0.4, 0.5) is 0 Å². The molecule has 0 radical (unpaired) electrons. The molecule has 0 saturated heterocycles. The third-order valence-electron chi connectivity index (χ3n) is 18.9. The minimum atomic E-state index is -4.96. The Hall–Kier alpha value is -1.94. The maximum atomic E-state index is 13.1. The van der Waals surface area contributed by atoms with Crippen molar-refractivity contribution in [3.8, 4) is 0 Å². The molecule has 0 heterocycles. The van der Waals surface area contributed by atoms with E-state index >= 15 is 0 Å². The van der Waals surface area contributed by atoms with Gasteiger partial charge in [0.05, 0.1) is 26.4 Å². The number of aliphatic hydroxyl groups is 1. The number of unbranched alkanes of at least 4 members (excludes halogenated alkanes) is 42. The average molecular weight is 1450 g/mol. The van der Waals surface area contributed by atoms with Gasteiger partial charge in [0.1, 0.15) is 19.3 Å². The summed E-state index contributed by atoms with van der Waals surface area (Å²) in [6, 6.07) is 0. The van der Waals surface area contributed by atoms with Gasteiger partial charge in [-0.15, -0.1) is 0 Å². The summed E-state index contributed by atoms with van der Waals surface area (Å²) in [5, 5.41) is 10.6. The number of rotatable bonds is 77. The number of hydrogen-bond acceptors (Lipinski definition) is 15. The van der Waals surface area contributed by atoms with Crippen molar-refractivity contribution in [2.75, 3.05) is 39.6 Å². The van der Waals surface area contributed by atoms with Gasteiger partial charge in [0, 0.05) is 25.7 Å². The Labute approximate surface area is 607 Å². The summed E-state index contributed by atoms with van der Waals surface area (Å²) >= 11 is 0. The summed E-state index contributed by atoms with van der Waals surface area (Å²) in [4.78, 5) is 73.0. The van der Waals surface area contributed by atoms with Crippen molar-refractivity contribution in [2.45, 2.75) is 427 Å². The minimum Gasteiger partial charge on any atom is -0.462 e. The predicted molar refractivity (Wildman–Crippen MR) is 404 cm³/mol. The van der Waals surface area contributed by atoms with Crippen LogP contribution in [-0.2, 0) is 65.4 Å². The maximum Gasteiger partial charge on any atom is 0.472 e. The Morgan fingerprint density at radius 2 is 0.485 bits per heavy atom. The van der Waals surface area contributed by atoms with Gasteiger partial charge < -0.3 is 33.8 Å². The van der Waals surface area contributed by atoms with Crippen molar-refractivity contribution in [3.05, 3.63) is 0 Å². The third-order valence-corrected chi connectivity index (χ3v) is 20.8. The van der Waals surface area contributed by atoms with E-state index in [4.69, 9.17) is 37.0 Å². The van der Waals surface area contributed by atoms with E-state index in [-0.39, 0.29) is 25.7 Å². The van der Waals surface area contributed by atoms with Gasteiger partial charge in [0.25, 0.3) is 0 Å². The van der Waals surface area contributed by atoms with Crippen LogP contribution in [0.3, 0.4) is 0 Å². The van der Waals surface area contributed by atoms with E-state index in [1.807, 2.05) is 0 Å². The molecule has 0 aliphatic heterocycles. The summed E-state index contributed by atoms with van der Waals surface area (Å²) < 4.78 is 68.7. The van der Waals surface area contributed by atoms with E-state index in [2.05, 4.69) is 55.4 Å². The Morgan fingerprint density at radius 1 is 0.283 bits per heavy atom. The van der Waals surface area contributed by atoms with Crippen LogP contribution in [0.1, 0.15) is 409 Å². The molecule has 0 saturated carbocycles. The summed E-state index contributed by atoms with van der Waals surface area (Å²) in [5.74, 6) is 1.000. The normalized spacial score (nSPS) is 14.3. The quantitative estimate of drug-likeness (QED) is 0.0222. The smallest absolute Gasteiger partial charge is 0.462 e. The molecule has 0 aromatic carbocycles. The fraction of sp³-hybridized carbons (Fsp3) is 0.950. The number of aliphatic hydroxyl groups excluding tert-OH is 1. The first-order valence-electron chi connectivity index (χ1n) is 41.2. The maximum absolute atomic E-state index is 13.1. The molecular formula is C80H156O17P2. The molecule has 588 valence electrons. The van der Waals surface area contributed by atoms with Gasteiger partial charge in [0.2, 0.25) is 0 Å². The lowest BCUT2D eigenvalue weighted by molar-refractivity contribution is -0.161. The lowest BCUT2D eigenvalue weighted by Gasteiger charge is -2.21. The second-order valence-corrected chi connectivity index (χ2v) is 33.4. The van der Waals surface area contributed by atoms with Gasteiger partial charge in [-0.2, -0.15) is 0 Å². The zero-order chi connectivity index (χ0) is 73.1. The van der Waals surface area contributed by atoms with E-state index in [0.29, 0.717) is 31.6 Å². The molecule has 0 bridgehead atoms. The number of ether oxygens (including phenoxy) is 4. The van der Waals surface area contributed by atoms with E-state index in [1.165, 1.54) is 205 Å². The minimum absolute atomic E-state index is 0.106. The molecule has 0 aromatic rings. The van der Waals surface area contributed by atoms with Crippen molar-refractivity contribution < 1.29 is 80.2 Å². The number of phosphoric ester groups is 2. The second-order valence-electron chi connectivity index (χ2n) is 30.5. The lowest BCUT2D eigenvalue weighted by atomic mass is 9.99. The molecule has 0 aliphatic carbocycles. The number of hydrogen-bond donors (Lipinski definition) is 3. The molecule has 4 unspecified atom stereocenters. The second kappa shape index (κ2) is 69.1. The molecule has 19 heteroatoms. The van der Waals surface area contributed by atoms with Crippen LogP contribution in [0, 0.1) is 23.7 Å². The van der Waals surface area contributed by atoms with Crippen molar-refractivity contribution in [2.24, 2.45) is 23.7 Å². The Bertz CT molecular complexity index is 1940. The molecule has 0 spiro atoms. The van der Waals surface area contributed by atoms with Crippen molar-refractivity contribution in [1.82, 2.24) is 0 Å². The first-order valence-corrected chi connectivity index (χ1v) is 44.2. The van der Waals surface area contributed by atoms with Gasteiger partial charge in [-0.3, -0.25) is 37.3 Å². The molecule has 0 aliphatic rings. The van der Waals surface area contributed by atoms with E-state index in [1.54, 1.807) is 0 Å². The fourth-order valence-electron chi connectivity index (χ4n) is 12.2. The highest BCUT2D eigenvalue weighted by Crippen LogP contribution is 2.45. The highest BCUT2D eigenvalue weighted by Gasteiger charge is 2.30. The number of carbonyl (C=O) groups excluding carboxylic acids is 4. The van der Waals surface area contributed by atoms with Crippen molar-refractivity contribution in [1.29, 1.82) is 0 Å². The fourth-order valence-corrected chi connectivity index (χ4v) is 13.8.